The molecular weight excluding hydrogens is 582 g/mol. The van der Waals surface area contributed by atoms with E-state index in [9.17, 15) is 18.0 Å². The van der Waals surface area contributed by atoms with E-state index in [1.807, 2.05) is 30.3 Å². The van der Waals surface area contributed by atoms with Gasteiger partial charge in [-0.05, 0) is 60.2 Å². The van der Waals surface area contributed by atoms with Crippen molar-refractivity contribution in [2.24, 2.45) is 0 Å². The van der Waals surface area contributed by atoms with Crippen molar-refractivity contribution in [1.82, 2.24) is 4.31 Å². The van der Waals surface area contributed by atoms with Gasteiger partial charge in [0, 0.05) is 23.2 Å². The molecule has 0 unspecified atom stereocenters. The van der Waals surface area contributed by atoms with Crippen LogP contribution in [-0.4, -0.2) is 56.6 Å². The summed E-state index contributed by atoms with van der Waals surface area (Å²) < 4.78 is 43.3. The average molecular weight is 610 g/mol. The first-order valence-corrected chi connectivity index (χ1v) is 14.7. The first kappa shape index (κ1) is 30.4. The molecular formula is C31H28ClNO8S. The molecule has 0 bridgehead atoms. The summed E-state index contributed by atoms with van der Waals surface area (Å²) in [5, 5.41) is 10.2. The number of carboxylic acid groups (broad SMARTS) is 1. The molecule has 0 amide bonds. The lowest BCUT2D eigenvalue weighted by Crippen LogP contribution is -2.35. The molecule has 1 N–H and O–H groups in total. The van der Waals surface area contributed by atoms with Gasteiger partial charge < -0.3 is 19.3 Å². The molecule has 0 atom stereocenters. The first-order chi connectivity index (χ1) is 20.1. The molecule has 0 aromatic heterocycles. The Labute approximate surface area is 248 Å². The van der Waals surface area contributed by atoms with Gasteiger partial charge in [0.2, 0.25) is 5.78 Å². The normalized spacial score (nSPS) is 13.5. The fourth-order valence-corrected chi connectivity index (χ4v) is 5.75. The molecule has 1 aliphatic rings. The number of hydrogen-bond acceptors (Lipinski definition) is 7. The van der Waals surface area contributed by atoms with Crippen LogP contribution in [0.25, 0.3) is 16.5 Å². The number of benzene rings is 4. The van der Waals surface area contributed by atoms with Gasteiger partial charge in [0.25, 0.3) is 10.0 Å². The SMILES string of the molecule is CCOC(=O)O.CN1C(C(=O)c2ccc3ccccc3c2)=C(OCCOc2ccc(Cl)cc2)c2ccccc2S1(=O)=O. The molecule has 0 fully saturated rings. The van der Waals surface area contributed by atoms with Gasteiger partial charge in [-0.1, -0.05) is 60.1 Å². The van der Waals surface area contributed by atoms with Crippen molar-refractivity contribution < 1.29 is 37.3 Å². The smallest absolute Gasteiger partial charge is 0.490 e. The van der Waals surface area contributed by atoms with Crippen molar-refractivity contribution in [2.75, 3.05) is 26.9 Å². The molecule has 0 saturated heterocycles. The van der Waals surface area contributed by atoms with Crippen LogP contribution >= 0.6 is 11.6 Å². The summed E-state index contributed by atoms with van der Waals surface area (Å²) in [7, 11) is -2.58. The van der Waals surface area contributed by atoms with Crippen LogP contribution in [0.3, 0.4) is 0 Å². The maximum absolute atomic E-state index is 13.8. The third-order valence-electron chi connectivity index (χ3n) is 6.21. The average Bonchev–Trinajstić information content (AvgIpc) is 2.98. The van der Waals surface area contributed by atoms with Gasteiger partial charge in [-0.15, -0.1) is 0 Å². The summed E-state index contributed by atoms with van der Waals surface area (Å²) in [5.41, 5.74) is 0.658. The van der Waals surface area contributed by atoms with E-state index in [0.29, 0.717) is 21.9 Å². The number of likely N-dealkylation sites (N-methyl/N-ethyl adjacent to an activating group) is 1. The molecule has 1 heterocycles. The van der Waals surface area contributed by atoms with E-state index in [-0.39, 0.29) is 36.2 Å². The minimum atomic E-state index is -3.95. The van der Waals surface area contributed by atoms with Crippen molar-refractivity contribution >= 4 is 50.1 Å². The third-order valence-corrected chi connectivity index (χ3v) is 8.27. The summed E-state index contributed by atoms with van der Waals surface area (Å²) in [4.78, 5) is 23.2. The van der Waals surface area contributed by atoms with Gasteiger partial charge >= 0.3 is 6.16 Å². The van der Waals surface area contributed by atoms with E-state index in [1.165, 1.54) is 13.1 Å². The van der Waals surface area contributed by atoms with Gasteiger partial charge in [0.15, 0.2) is 5.76 Å². The zero-order chi connectivity index (χ0) is 30.3. The number of carbonyl (C=O) groups excluding carboxylic acids is 1. The molecule has 0 aliphatic carbocycles. The van der Waals surface area contributed by atoms with E-state index in [0.717, 1.165) is 15.1 Å². The fourth-order valence-electron chi connectivity index (χ4n) is 4.23. The Morgan fingerprint density at radius 2 is 1.50 bits per heavy atom. The standard InChI is InChI=1S/C28H22ClNO5S.C3H6O3/c1-30-26(27(31)21-11-10-19-6-2-3-7-20(19)18-21)28(24-8-4-5-9-25(24)36(30,32)33)35-17-16-34-23-14-12-22(29)13-15-23;1-2-6-3(4)5/h2-15,18H,16-17H2,1H3;2H2,1H3,(H,4,5). The first-order valence-electron chi connectivity index (χ1n) is 12.9. The van der Waals surface area contributed by atoms with Gasteiger partial charge in [0.05, 0.1) is 11.5 Å². The summed E-state index contributed by atoms with van der Waals surface area (Å²) in [5.74, 6) is 0.365. The molecule has 0 saturated carbocycles. The predicted molar refractivity (Wildman–Crippen MR) is 159 cm³/mol. The number of hydrogen-bond donors (Lipinski definition) is 1. The topological polar surface area (TPSA) is 119 Å². The molecule has 4 aromatic carbocycles. The van der Waals surface area contributed by atoms with Crippen LogP contribution in [0.2, 0.25) is 5.02 Å². The Morgan fingerprint density at radius 1 is 0.857 bits per heavy atom. The van der Waals surface area contributed by atoms with Crippen LogP contribution in [0, 0.1) is 0 Å². The molecule has 4 aromatic rings. The Balaban J connectivity index is 0.000000612. The maximum Gasteiger partial charge on any atom is 0.505 e. The van der Waals surface area contributed by atoms with E-state index in [4.69, 9.17) is 26.2 Å². The van der Waals surface area contributed by atoms with Gasteiger partial charge in [0.1, 0.15) is 24.7 Å². The Kier molecular flexibility index (Phi) is 9.72. The number of ketones is 1. The highest BCUT2D eigenvalue weighted by molar-refractivity contribution is 7.89. The molecule has 42 heavy (non-hydrogen) atoms. The monoisotopic (exact) mass is 609 g/mol. The molecule has 11 heteroatoms. The highest BCUT2D eigenvalue weighted by Gasteiger charge is 2.39. The zero-order valence-electron chi connectivity index (χ0n) is 22.8. The van der Waals surface area contributed by atoms with Crippen molar-refractivity contribution in [3.05, 3.63) is 113 Å². The van der Waals surface area contributed by atoms with Crippen molar-refractivity contribution in [3.8, 4) is 5.75 Å². The number of halogens is 1. The Morgan fingerprint density at radius 3 is 2.17 bits per heavy atom. The lowest BCUT2D eigenvalue weighted by Gasteiger charge is -2.30. The highest BCUT2D eigenvalue weighted by atomic mass is 35.5. The van der Waals surface area contributed by atoms with Crippen LogP contribution in [0.15, 0.2) is 102 Å². The Bertz CT molecular complexity index is 1740. The van der Waals surface area contributed by atoms with E-state index in [1.54, 1.807) is 61.5 Å². The lowest BCUT2D eigenvalue weighted by molar-refractivity contribution is 0.0963. The van der Waals surface area contributed by atoms with Crippen LogP contribution in [-0.2, 0) is 19.5 Å². The number of nitrogens with zero attached hydrogens (tertiary/aromatic N) is 1. The zero-order valence-corrected chi connectivity index (χ0v) is 24.4. The predicted octanol–water partition coefficient (Wildman–Crippen LogP) is 6.48. The number of fused-ring (bicyclic) bond motifs is 2. The second-order valence-electron chi connectivity index (χ2n) is 8.89. The van der Waals surface area contributed by atoms with Crippen molar-refractivity contribution in [1.29, 1.82) is 0 Å². The van der Waals surface area contributed by atoms with Crippen LogP contribution < -0.4 is 4.74 Å². The summed E-state index contributed by atoms with van der Waals surface area (Å²) in [6, 6.07) is 26.4. The molecule has 218 valence electrons. The minimum absolute atomic E-state index is 0.0459. The summed E-state index contributed by atoms with van der Waals surface area (Å²) in [6.07, 6.45) is -1.21. The number of carbonyl (C=O) groups is 2. The molecule has 1 aliphatic heterocycles. The summed E-state index contributed by atoms with van der Waals surface area (Å²) in [6.45, 7) is 2.12. The third kappa shape index (κ3) is 6.84. The van der Waals surface area contributed by atoms with E-state index >= 15 is 0 Å². The highest BCUT2D eigenvalue weighted by Crippen LogP contribution is 2.38. The Hall–Kier alpha value is -4.54. The maximum atomic E-state index is 13.8. The van der Waals surface area contributed by atoms with E-state index < -0.39 is 22.0 Å². The van der Waals surface area contributed by atoms with Crippen LogP contribution in [0.1, 0.15) is 22.8 Å². The number of sulfonamides is 1. The minimum Gasteiger partial charge on any atom is -0.490 e. The van der Waals surface area contributed by atoms with Crippen LogP contribution in [0.5, 0.6) is 5.75 Å². The summed E-state index contributed by atoms with van der Waals surface area (Å²) >= 11 is 5.92. The lowest BCUT2D eigenvalue weighted by atomic mass is 10.0. The van der Waals surface area contributed by atoms with Gasteiger partial charge in [-0.3, -0.25) is 9.10 Å². The second kappa shape index (κ2) is 13.4. The molecule has 5 rings (SSSR count). The quantitative estimate of drug-likeness (QED) is 0.137. The van der Waals surface area contributed by atoms with E-state index in [2.05, 4.69) is 4.74 Å². The number of ether oxygens (including phenoxy) is 3. The number of Topliss-reactive ketones (excluding diaryl/α,β-unsaturated/α-hetero) is 1. The largest absolute Gasteiger partial charge is 0.505 e. The van der Waals surface area contributed by atoms with Crippen molar-refractivity contribution in [3.63, 3.8) is 0 Å². The fraction of sp³-hybridized carbons (Fsp3) is 0.161. The van der Waals surface area contributed by atoms with Crippen LogP contribution in [0.4, 0.5) is 4.79 Å². The second-order valence-corrected chi connectivity index (χ2v) is 11.3. The molecule has 0 radical (unpaired) electrons. The molecule has 0 spiro atoms. The molecule has 9 nitrogen and oxygen atoms in total. The number of allylic oxidation sites excluding steroid dienone is 1. The number of rotatable bonds is 8. The van der Waals surface area contributed by atoms with Gasteiger partial charge in [-0.2, -0.15) is 0 Å². The van der Waals surface area contributed by atoms with Gasteiger partial charge in [-0.25, -0.2) is 13.2 Å². The van der Waals surface area contributed by atoms with Crippen molar-refractivity contribution in [2.45, 2.75) is 11.8 Å².